The number of rotatable bonds is 4. The number of hydrogen-bond donors (Lipinski definition) is 2. The van der Waals surface area contributed by atoms with Gasteiger partial charge in [0.25, 0.3) is 0 Å². The molecule has 126 valence electrons. The summed E-state index contributed by atoms with van der Waals surface area (Å²) in [4.78, 5) is 6.69. The van der Waals surface area contributed by atoms with Crippen molar-refractivity contribution in [2.75, 3.05) is 13.1 Å². The molecule has 4 nitrogen and oxygen atoms in total. The van der Waals surface area contributed by atoms with Crippen molar-refractivity contribution in [3.05, 3.63) is 65.5 Å². The van der Waals surface area contributed by atoms with Gasteiger partial charge in [-0.15, -0.1) is 0 Å². The maximum atomic E-state index is 10.4. The van der Waals surface area contributed by atoms with Gasteiger partial charge in [0.15, 0.2) is 0 Å². The monoisotopic (exact) mass is 323 g/mol. The lowest BCUT2D eigenvalue weighted by Gasteiger charge is -2.34. The van der Waals surface area contributed by atoms with Gasteiger partial charge in [-0.2, -0.15) is 0 Å². The van der Waals surface area contributed by atoms with Crippen molar-refractivity contribution < 1.29 is 5.11 Å². The summed E-state index contributed by atoms with van der Waals surface area (Å²) in [6, 6.07) is 13.1. The van der Waals surface area contributed by atoms with Crippen molar-refractivity contribution in [2.24, 2.45) is 0 Å². The number of hydrogen-bond acceptors (Lipinski definition) is 4. The summed E-state index contributed by atoms with van der Waals surface area (Å²) in [5.41, 5.74) is 3.85. The smallest absolute Gasteiger partial charge is 0.0775 e. The minimum atomic E-state index is -0.296. The van der Waals surface area contributed by atoms with Crippen LogP contribution in [0.4, 0.5) is 0 Å². The summed E-state index contributed by atoms with van der Waals surface area (Å²) < 4.78 is 0. The van der Waals surface area contributed by atoms with Gasteiger partial charge < -0.3 is 10.4 Å². The number of aliphatic hydroxyl groups excluding tert-OH is 1. The Morgan fingerprint density at radius 2 is 1.96 bits per heavy atom. The van der Waals surface area contributed by atoms with Crippen LogP contribution in [0, 0.1) is 0 Å². The van der Waals surface area contributed by atoms with Crippen LogP contribution in [0.1, 0.15) is 35.6 Å². The number of nitrogens with one attached hydrogen (secondary N) is 1. The maximum absolute atomic E-state index is 10.4. The van der Waals surface area contributed by atoms with E-state index in [9.17, 15) is 5.11 Å². The van der Waals surface area contributed by atoms with Crippen LogP contribution in [0.15, 0.2) is 48.8 Å². The molecule has 0 amide bonds. The number of aliphatic hydroxyl groups is 1. The van der Waals surface area contributed by atoms with E-state index in [2.05, 4.69) is 45.5 Å². The predicted molar refractivity (Wildman–Crippen MR) is 94.6 cm³/mol. The molecule has 0 unspecified atom stereocenters. The molecule has 0 spiro atoms. The van der Waals surface area contributed by atoms with Crippen LogP contribution in [-0.2, 0) is 13.0 Å². The average molecular weight is 323 g/mol. The first-order valence-electron chi connectivity index (χ1n) is 8.93. The summed E-state index contributed by atoms with van der Waals surface area (Å²) >= 11 is 0. The molecule has 24 heavy (non-hydrogen) atoms. The van der Waals surface area contributed by atoms with Crippen LogP contribution in [0.3, 0.4) is 0 Å². The first kappa shape index (κ1) is 15.8. The molecule has 1 aliphatic carbocycles. The third-order valence-corrected chi connectivity index (χ3v) is 5.34. The highest BCUT2D eigenvalue weighted by Crippen LogP contribution is 2.32. The number of aromatic nitrogens is 1. The number of benzene rings is 1. The highest BCUT2D eigenvalue weighted by molar-refractivity contribution is 5.36. The lowest BCUT2D eigenvalue weighted by atomic mass is 10.0. The molecule has 1 aromatic carbocycles. The average Bonchev–Trinajstić information content (AvgIpc) is 2.93. The standard InChI is InChI=1S/C20H25N3O/c24-19-12-16-5-1-2-6-18(16)20(19)22-17-7-10-23(11-8-17)14-15-4-3-9-21-13-15/h1-6,9,13,17,19-20,22,24H,7-8,10-12,14H2/t19-,20+/m0/s1. The first-order chi connectivity index (χ1) is 11.8. The van der Waals surface area contributed by atoms with Crippen LogP contribution in [-0.4, -0.2) is 40.2 Å². The number of likely N-dealkylation sites (tertiary alicyclic amines) is 1. The molecule has 0 radical (unpaired) electrons. The van der Waals surface area contributed by atoms with Gasteiger partial charge in [-0.05, 0) is 48.7 Å². The summed E-state index contributed by atoms with van der Waals surface area (Å²) in [6.45, 7) is 3.17. The van der Waals surface area contributed by atoms with Crippen LogP contribution in [0.5, 0.6) is 0 Å². The van der Waals surface area contributed by atoms with Gasteiger partial charge in [0.1, 0.15) is 0 Å². The SMILES string of the molecule is O[C@H]1Cc2ccccc2[C@H]1NC1CCN(Cc2cccnc2)CC1. The maximum Gasteiger partial charge on any atom is 0.0775 e. The van der Waals surface area contributed by atoms with E-state index in [4.69, 9.17) is 0 Å². The van der Waals surface area contributed by atoms with E-state index in [0.717, 1.165) is 38.9 Å². The van der Waals surface area contributed by atoms with Crippen molar-refractivity contribution in [1.29, 1.82) is 0 Å². The third kappa shape index (κ3) is 3.36. The second-order valence-corrected chi connectivity index (χ2v) is 7.03. The molecule has 1 fully saturated rings. The molecule has 2 aromatic rings. The highest BCUT2D eigenvalue weighted by atomic mass is 16.3. The quantitative estimate of drug-likeness (QED) is 0.906. The lowest BCUT2D eigenvalue weighted by Crippen LogP contribution is -2.45. The lowest BCUT2D eigenvalue weighted by molar-refractivity contribution is 0.118. The summed E-state index contributed by atoms with van der Waals surface area (Å²) in [5.74, 6) is 0. The number of nitrogens with zero attached hydrogens (tertiary/aromatic N) is 2. The first-order valence-corrected chi connectivity index (χ1v) is 8.93. The molecular weight excluding hydrogens is 298 g/mol. The molecular formula is C20H25N3O. The molecule has 0 bridgehead atoms. The van der Waals surface area contributed by atoms with E-state index >= 15 is 0 Å². The third-order valence-electron chi connectivity index (χ3n) is 5.34. The van der Waals surface area contributed by atoms with Gasteiger partial charge in [0.2, 0.25) is 0 Å². The number of fused-ring (bicyclic) bond motifs is 1. The van der Waals surface area contributed by atoms with Crippen LogP contribution >= 0.6 is 0 Å². The van der Waals surface area contributed by atoms with Crippen molar-refractivity contribution >= 4 is 0 Å². The zero-order chi connectivity index (χ0) is 16.4. The Labute approximate surface area is 143 Å². The molecule has 4 heteroatoms. The van der Waals surface area contributed by atoms with Crippen molar-refractivity contribution in [1.82, 2.24) is 15.2 Å². The predicted octanol–water partition coefficient (Wildman–Crippen LogP) is 2.29. The molecule has 1 aromatic heterocycles. The largest absolute Gasteiger partial charge is 0.391 e. The Morgan fingerprint density at radius 3 is 2.75 bits per heavy atom. The summed E-state index contributed by atoms with van der Waals surface area (Å²) in [5, 5.41) is 14.1. The van der Waals surface area contributed by atoms with E-state index in [1.165, 1.54) is 16.7 Å². The van der Waals surface area contributed by atoms with Gasteiger partial charge >= 0.3 is 0 Å². The van der Waals surface area contributed by atoms with Gasteiger partial charge in [-0.25, -0.2) is 0 Å². The molecule has 2 N–H and O–H groups in total. The van der Waals surface area contributed by atoms with E-state index in [1.807, 2.05) is 18.5 Å². The fourth-order valence-electron chi connectivity index (χ4n) is 4.04. The van der Waals surface area contributed by atoms with E-state index < -0.39 is 0 Å². The fourth-order valence-corrected chi connectivity index (χ4v) is 4.04. The molecule has 1 saturated heterocycles. The minimum absolute atomic E-state index is 0.0936. The van der Waals surface area contributed by atoms with Crippen LogP contribution in [0.25, 0.3) is 0 Å². The van der Waals surface area contributed by atoms with Gasteiger partial charge in [0.05, 0.1) is 12.1 Å². The zero-order valence-corrected chi connectivity index (χ0v) is 13.9. The van der Waals surface area contributed by atoms with Crippen LogP contribution in [0.2, 0.25) is 0 Å². The number of pyridine rings is 1. The highest BCUT2D eigenvalue weighted by Gasteiger charge is 2.33. The molecule has 0 saturated carbocycles. The van der Waals surface area contributed by atoms with Crippen molar-refractivity contribution in [3.63, 3.8) is 0 Å². The Kier molecular flexibility index (Phi) is 4.60. The van der Waals surface area contributed by atoms with Crippen molar-refractivity contribution in [3.8, 4) is 0 Å². The molecule has 2 aliphatic rings. The molecule has 4 rings (SSSR count). The van der Waals surface area contributed by atoms with E-state index in [-0.39, 0.29) is 12.1 Å². The molecule has 1 aliphatic heterocycles. The fraction of sp³-hybridized carbons (Fsp3) is 0.450. The Morgan fingerprint density at radius 1 is 1.12 bits per heavy atom. The van der Waals surface area contributed by atoms with Gasteiger partial charge in [-0.3, -0.25) is 9.88 Å². The summed E-state index contributed by atoms with van der Waals surface area (Å²) in [6.07, 6.45) is 6.52. The van der Waals surface area contributed by atoms with Crippen molar-refractivity contribution in [2.45, 2.75) is 44.0 Å². The van der Waals surface area contributed by atoms with E-state index in [1.54, 1.807) is 0 Å². The van der Waals surface area contributed by atoms with Crippen LogP contribution < -0.4 is 5.32 Å². The second-order valence-electron chi connectivity index (χ2n) is 7.03. The topological polar surface area (TPSA) is 48.4 Å². The zero-order valence-electron chi connectivity index (χ0n) is 13.9. The van der Waals surface area contributed by atoms with E-state index in [0.29, 0.717) is 6.04 Å². The molecule has 2 heterocycles. The number of piperidine rings is 1. The van der Waals surface area contributed by atoms with Gasteiger partial charge in [-0.1, -0.05) is 30.3 Å². The van der Waals surface area contributed by atoms with Gasteiger partial charge in [0, 0.05) is 31.4 Å². The Hall–Kier alpha value is -1.75. The minimum Gasteiger partial charge on any atom is -0.391 e. The Balaban J connectivity index is 1.32. The molecule has 2 atom stereocenters. The normalized spacial score (nSPS) is 24.9. The second kappa shape index (κ2) is 7.01. The Bertz CT molecular complexity index is 668. The summed E-state index contributed by atoms with van der Waals surface area (Å²) in [7, 11) is 0.